The van der Waals surface area contributed by atoms with Crippen molar-refractivity contribution in [3.8, 4) is 0 Å². The number of benzene rings is 1. The van der Waals surface area contributed by atoms with Gasteiger partial charge in [-0.1, -0.05) is 18.2 Å². The summed E-state index contributed by atoms with van der Waals surface area (Å²) in [7, 11) is 0. The second-order valence-electron chi connectivity index (χ2n) is 4.04. The van der Waals surface area contributed by atoms with Gasteiger partial charge in [0.2, 0.25) is 0 Å². The van der Waals surface area contributed by atoms with E-state index >= 15 is 0 Å². The molecule has 1 aliphatic heterocycles. The highest BCUT2D eigenvalue weighted by Crippen LogP contribution is 2.27. The van der Waals surface area contributed by atoms with E-state index in [1.807, 2.05) is 0 Å². The molecule has 0 spiro atoms. The Hall–Kier alpha value is -2.03. The number of hydrogen-bond donors (Lipinski definition) is 0. The monoisotopic (exact) mass is 254 g/mol. The first-order valence-corrected chi connectivity index (χ1v) is 5.27. The Kier molecular flexibility index (Phi) is 2.99. The Morgan fingerprint density at radius 2 is 2.06 bits per heavy atom. The highest BCUT2D eigenvalue weighted by Gasteiger charge is 2.43. The van der Waals surface area contributed by atoms with Crippen LogP contribution in [0.1, 0.15) is 11.1 Å². The number of nitrogens with zero attached hydrogens (tertiary/aromatic N) is 2. The number of carbonyl (C=O) groups excluding carboxylic acids is 1. The second kappa shape index (κ2) is 4.33. The SMILES string of the molecule is [C-]#[N+]c1ccc2c(c1)CN(C(=O)C(F)(F)F)CC2. The van der Waals surface area contributed by atoms with Crippen LogP contribution in [0.4, 0.5) is 18.9 Å². The summed E-state index contributed by atoms with van der Waals surface area (Å²) in [6, 6.07) is 4.91. The van der Waals surface area contributed by atoms with Crippen LogP contribution in [0, 0.1) is 6.57 Å². The van der Waals surface area contributed by atoms with Gasteiger partial charge in [0.1, 0.15) is 0 Å². The van der Waals surface area contributed by atoms with Crippen molar-refractivity contribution >= 4 is 11.6 Å². The summed E-state index contributed by atoms with van der Waals surface area (Å²) in [6.45, 7) is 6.83. The van der Waals surface area contributed by atoms with E-state index in [0.29, 0.717) is 17.7 Å². The molecule has 0 radical (unpaired) electrons. The van der Waals surface area contributed by atoms with Crippen molar-refractivity contribution in [2.24, 2.45) is 0 Å². The van der Waals surface area contributed by atoms with Gasteiger partial charge >= 0.3 is 12.1 Å². The van der Waals surface area contributed by atoms with Gasteiger partial charge in [-0.2, -0.15) is 13.2 Å². The first-order valence-electron chi connectivity index (χ1n) is 5.27. The lowest BCUT2D eigenvalue weighted by Crippen LogP contribution is -2.43. The maximum atomic E-state index is 12.3. The molecular formula is C12H9F3N2O. The van der Waals surface area contributed by atoms with E-state index in [4.69, 9.17) is 6.57 Å². The van der Waals surface area contributed by atoms with Crippen LogP contribution >= 0.6 is 0 Å². The standard InChI is InChI=1S/C12H9F3N2O/c1-16-10-3-2-8-4-5-17(7-9(8)6-10)11(18)12(13,14)15/h2-3,6H,4-5,7H2. The van der Waals surface area contributed by atoms with E-state index < -0.39 is 12.1 Å². The fourth-order valence-corrected chi connectivity index (χ4v) is 1.97. The number of alkyl halides is 3. The predicted molar refractivity (Wildman–Crippen MR) is 57.9 cm³/mol. The molecular weight excluding hydrogens is 245 g/mol. The number of amides is 1. The Morgan fingerprint density at radius 3 is 2.67 bits per heavy atom. The van der Waals surface area contributed by atoms with Crippen molar-refractivity contribution in [1.29, 1.82) is 0 Å². The Labute approximate surface area is 102 Å². The third-order valence-electron chi connectivity index (χ3n) is 2.86. The van der Waals surface area contributed by atoms with Gasteiger partial charge in [0.15, 0.2) is 5.69 Å². The van der Waals surface area contributed by atoms with Crippen LogP contribution in [0.5, 0.6) is 0 Å². The number of halogens is 3. The van der Waals surface area contributed by atoms with E-state index in [-0.39, 0.29) is 13.1 Å². The highest BCUT2D eigenvalue weighted by molar-refractivity contribution is 5.82. The third kappa shape index (κ3) is 2.30. The van der Waals surface area contributed by atoms with Gasteiger partial charge in [0.25, 0.3) is 0 Å². The molecule has 2 rings (SSSR count). The maximum Gasteiger partial charge on any atom is 0.471 e. The first-order chi connectivity index (χ1) is 8.41. The topological polar surface area (TPSA) is 24.7 Å². The van der Waals surface area contributed by atoms with Gasteiger partial charge in [-0.05, 0) is 17.5 Å². The van der Waals surface area contributed by atoms with Crippen molar-refractivity contribution in [2.75, 3.05) is 6.54 Å². The lowest BCUT2D eigenvalue weighted by molar-refractivity contribution is -0.186. The number of carbonyl (C=O) groups is 1. The van der Waals surface area contributed by atoms with E-state index in [9.17, 15) is 18.0 Å². The smallest absolute Gasteiger partial charge is 0.330 e. The molecule has 1 aliphatic rings. The van der Waals surface area contributed by atoms with Crippen molar-refractivity contribution < 1.29 is 18.0 Å². The minimum atomic E-state index is -4.84. The van der Waals surface area contributed by atoms with Crippen LogP contribution in [0.3, 0.4) is 0 Å². The van der Waals surface area contributed by atoms with E-state index in [0.717, 1.165) is 10.5 Å². The molecule has 1 heterocycles. The summed E-state index contributed by atoms with van der Waals surface area (Å²) in [4.78, 5) is 15.1. The average molecular weight is 254 g/mol. The van der Waals surface area contributed by atoms with Crippen LogP contribution in [-0.4, -0.2) is 23.5 Å². The van der Waals surface area contributed by atoms with Gasteiger partial charge in [0, 0.05) is 13.1 Å². The molecule has 0 bridgehead atoms. The third-order valence-corrected chi connectivity index (χ3v) is 2.86. The van der Waals surface area contributed by atoms with Crippen molar-refractivity contribution in [3.63, 3.8) is 0 Å². The lowest BCUT2D eigenvalue weighted by Gasteiger charge is -2.29. The van der Waals surface area contributed by atoms with E-state index in [2.05, 4.69) is 4.85 Å². The largest absolute Gasteiger partial charge is 0.471 e. The normalized spacial score (nSPS) is 14.9. The molecule has 0 saturated carbocycles. The molecule has 0 unspecified atom stereocenters. The molecule has 0 saturated heterocycles. The summed E-state index contributed by atoms with van der Waals surface area (Å²) < 4.78 is 36.9. The van der Waals surface area contributed by atoms with Crippen molar-refractivity contribution in [3.05, 3.63) is 40.7 Å². The zero-order chi connectivity index (χ0) is 13.3. The molecule has 6 heteroatoms. The Bertz CT molecular complexity index is 531. The summed E-state index contributed by atoms with van der Waals surface area (Å²) in [6.07, 6.45) is -4.45. The fourth-order valence-electron chi connectivity index (χ4n) is 1.97. The highest BCUT2D eigenvalue weighted by atomic mass is 19.4. The molecule has 0 atom stereocenters. The summed E-state index contributed by atoms with van der Waals surface area (Å²) >= 11 is 0. The van der Waals surface area contributed by atoms with Crippen molar-refractivity contribution in [2.45, 2.75) is 19.1 Å². The van der Waals surface area contributed by atoms with Crippen LogP contribution in [0.2, 0.25) is 0 Å². The molecule has 1 amide bonds. The van der Waals surface area contributed by atoms with Gasteiger partial charge in [-0.3, -0.25) is 4.79 Å². The first kappa shape index (κ1) is 12.4. The quantitative estimate of drug-likeness (QED) is 0.653. The molecule has 0 aromatic heterocycles. The molecule has 1 aromatic carbocycles. The molecule has 0 aliphatic carbocycles. The molecule has 1 aromatic rings. The van der Waals surface area contributed by atoms with Gasteiger partial charge in [-0.25, -0.2) is 4.85 Å². The zero-order valence-electron chi connectivity index (χ0n) is 9.29. The van der Waals surface area contributed by atoms with Gasteiger partial charge in [-0.15, -0.1) is 0 Å². The molecule has 0 N–H and O–H groups in total. The van der Waals surface area contributed by atoms with Gasteiger partial charge < -0.3 is 4.90 Å². The van der Waals surface area contributed by atoms with E-state index in [1.165, 1.54) is 6.07 Å². The lowest BCUT2D eigenvalue weighted by atomic mass is 9.99. The Morgan fingerprint density at radius 1 is 1.33 bits per heavy atom. The molecule has 0 fully saturated rings. The van der Waals surface area contributed by atoms with Crippen LogP contribution in [0.25, 0.3) is 4.85 Å². The molecule has 3 nitrogen and oxygen atoms in total. The van der Waals surface area contributed by atoms with E-state index in [1.54, 1.807) is 12.1 Å². The van der Waals surface area contributed by atoms with Gasteiger partial charge in [0.05, 0.1) is 6.57 Å². The Balaban J connectivity index is 2.24. The number of fused-ring (bicyclic) bond motifs is 1. The summed E-state index contributed by atoms with van der Waals surface area (Å²) in [5.74, 6) is -1.82. The summed E-state index contributed by atoms with van der Waals surface area (Å²) in [5, 5.41) is 0. The van der Waals surface area contributed by atoms with Crippen molar-refractivity contribution in [1.82, 2.24) is 4.90 Å². The number of rotatable bonds is 0. The van der Waals surface area contributed by atoms with Crippen LogP contribution in [0.15, 0.2) is 18.2 Å². The fraction of sp³-hybridized carbons (Fsp3) is 0.333. The van der Waals surface area contributed by atoms with Crippen LogP contribution < -0.4 is 0 Å². The maximum absolute atomic E-state index is 12.3. The van der Waals surface area contributed by atoms with Crippen LogP contribution in [-0.2, 0) is 17.8 Å². The zero-order valence-corrected chi connectivity index (χ0v) is 9.29. The number of hydrogen-bond acceptors (Lipinski definition) is 1. The molecule has 18 heavy (non-hydrogen) atoms. The minimum absolute atomic E-state index is 0.0582. The summed E-state index contributed by atoms with van der Waals surface area (Å²) in [5.41, 5.74) is 1.89. The molecule has 94 valence electrons. The second-order valence-corrected chi connectivity index (χ2v) is 4.04. The average Bonchev–Trinajstić information content (AvgIpc) is 2.35. The predicted octanol–water partition coefficient (Wildman–Crippen LogP) is 2.68. The minimum Gasteiger partial charge on any atom is -0.330 e.